The van der Waals surface area contributed by atoms with Crippen LogP contribution in [0.1, 0.15) is 5.56 Å². The van der Waals surface area contributed by atoms with Crippen molar-refractivity contribution in [2.24, 2.45) is 5.73 Å². The minimum Gasteiger partial charge on any atom is -0.363 e. The molecule has 0 spiro atoms. The summed E-state index contributed by atoms with van der Waals surface area (Å²) >= 11 is 0. The molecule has 0 amide bonds. The number of nitrogens with two attached hydrogens (primary N) is 1. The third-order valence-corrected chi connectivity index (χ3v) is 1.55. The van der Waals surface area contributed by atoms with E-state index in [2.05, 4.69) is 0 Å². The Kier molecular flexibility index (Phi) is 3.58. The standard InChI is InChI=1S/C8H10N4O3/c9-8(10)11(12(13)14)15-6-7-4-2-1-3-5-7/h1-5H,6H2,(H3,9,10). The van der Waals surface area contributed by atoms with Gasteiger partial charge >= 0.3 is 0 Å². The van der Waals surface area contributed by atoms with Crippen molar-refractivity contribution in [2.45, 2.75) is 6.61 Å². The fourth-order valence-corrected chi connectivity index (χ4v) is 0.915. The van der Waals surface area contributed by atoms with E-state index >= 15 is 0 Å². The van der Waals surface area contributed by atoms with Gasteiger partial charge in [0.05, 0.1) is 5.17 Å². The molecule has 80 valence electrons. The largest absolute Gasteiger partial charge is 0.363 e. The van der Waals surface area contributed by atoms with E-state index in [9.17, 15) is 10.1 Å². The number of benzene rings is 1. The van der Waals surface area contributed by atoms with Gasteiger partial charge in [-0.15, -0.1) is 0 Å². The average molecular weight is 210 g/mol. The van der Waals surface area contributed by atoms with Gasteiger partial charge in [0.1, 0.15) is 6.61 Å². The number of nitro groups is 1. The molecule has 0 saturated carbocycles. The molecule has 1 aromatic rings. The molecule has 7 heteroatoms. The third kappa shape index (κ3) is 3.24. The van der Waals surface area contributed by atoms with Crippen LogP contribution in [-0.2, 0) is 11.4 Å². The van der Waals surface area contributed by atoms with E-state index in [1.54, 1.807) is 24.3 Å². The summed E-state index contributed by atoms with van der Waals surface area (Å²) in [7, 11) is 0. The molecule has 0 fully saturated rings. The van der Waals surface area contributed by atoms with Gasteiger partial charge in [0.25, 0.3) is 5.96 Å². The quantitative estimate of drug-likeness (QED) is 0.326. The van der Waals surface area contributed by atoms with Gasteiger partial charge in [0.2, 0.25) is 0 Å². The summed E-state index contributed by atoms with van der Waals surface area (Å²) in [6, 6.07) is 8.88. The first-order valence-electron chi connectivity index (χ1n) is 4.06. The Morgan fingerprint density at radius 1 is 1.53 bits per heavy atom. The number of hydrazine groups is 1. The second-order valence-electron chi connectivity index (χ2n) is 2.66. The highest BCUT2D eigenvalue weighted by molar-refractivity contribution is 5.72. The van der Waals surface area contributed by atoms with Crippen LogP contribution < -0.4 is 5.73 Å². The van der Waals surface area contributed by atoms with E-state index in [4.69, 9.17) is 16.0 Å². The fraction of sp³-hybridized carbons (Fsp3) is 0.125. The Balaban J connectivity index is 2.55. The normalized spacial score (nSPS) is 9.60. The topological polar surface area (TPSA) is 105 Å². The zero-order valence-electron chi connectivity index (χ0n) is 7.79. The first kappa shape index (κ1) is 10.9. The van der Waals surface area contributed by atoms with E-state index in [-0.39, 0.29) is 11.8 Å². The second kappa shape index (κ2) is 4.91. The van der Waals surface area contributed by atoms with Crippen LogP contribution in [0.15, 0.2) is 30.3 Å². The lowest BCUT2D eigenvalue weighted by Gasteiger charge is -2.10. The van der Waals surface area contributed by atoms with Gasteiger partial charge in [0.15, 0.2) is 5.03 Å². The number of guanidine groups is 1. The molecule has 0 aliphatic carbocycles. The van der Waals surface area contributed by atoms with E-state index in [1.807, 2.05) is 6.07 Å². The molecule has 0 aliphatic rings. The molecule has 0 aliphatic heterocycles. The molecule has 0 bridgehead atoms. The number of hydrogen-bond donors (Lipinski definition) is 2. The van der Waals surface area contributed by atoms with Gasteiger partial charge in [-0.05, 0) is 5.56 Å². The summed E-state index contributed by atoms with van der Waals surface area (Å²) in [5, 5.41) is 16.5. The second-order valence-corrected chi connectivity index (χ2v) is 2.66. The van der Waals surface area contributed by atoms with Gasteiger partial charge in [-0.3, -0.25) is 5.41 Å². The molecule has 0 heterocycles. The van der Waals surface area contributed by atoms with Gasteiger partial charge in [0, 0.05) is 0 Å². The lowest BCUT2D eigenvalue weighted by molar-refractivity contribution is -0.707. The third-order valence-electron chi connectivity index (χ3n) is 1.55. The zero-order chi connectivity index (χ0) is 11.3. The highest BCUT2D eigenvalue weighted by atomic mass is 16.8. The molecule has 7 nitrogen and oxygen atoms in total. The van der Waals surface area contributed by atoms with E-state index in [0.29, 0.717) is 0 Å². The summed E-state index contributed by atoms with van der Waals surface area (Å²) in [5.41, 5.74) is 5.70. The Bertz CT molecular complexity index is 340. The lowest BCUT2D eigenvalue weighted by Crippen LogP contribution is -2.40. The fourth-order valence-electron chi connectivity index (χ4n) is 0.915. The van der Waals surface area contributed by atoms with Crippen LogP contribution >= 0.6 is 0 Å². The maximum atomic E-state index is 10.3. The predicted octanol–water partition coefficient (Wildman–Crippen LogP) is 0.505. The van der Waals surface area contributed by atoms with Gasteiger partial charge in [-0.1, -0.05) is 30.3 Å². The number of hydroxylamine groups is 1. The smallest absolute Gasteiger partial charge is 0.285 e. The lowest BCUT2D eigenvalue weighted by atomic mass is 10.2. The van der Waals surface area contributed by atoms with Crippen LogP contribution in [0.2, 0.25) is 0 Å². The van der Waals surface area contributed by atoms with Crippen molar-refractivity contribution >= 4 is 5.96 Å². The molecular formula is C8H10N4O3. The highest BCUT2D eigenvalue weighted by Gasteiger charge is 2.19. The molecule has 0 aromatic heterocycles. The predicted molar refractivity (Wildman–Crippen MR) is 52.0 cm³/mol. The monoisotopic (exact) mass is 210 g/mol. The van der Waals surface area contributed by atoms with Crippen LogP contribution in [0.3, 0.4) is 0 Å². The van der Waals surface area contributed by atoms with Crippen LogP contribution in [-0.4, -0.2) is 16.2 Å². The molecule has 3 N–H and O–H groups in total. The van der Waals surface area contributed by atoms with Crippen molar-refractivity contribution in [3.8, 4) is 0 Å². The zero-order valence-corrected chi connectivity index (χ0v) is 7.79. The van der Waals surface area contributed by atoms with Crippen molar-refractivity contribution in [3.63, 3.8) is 0 Å². The Morgan fingerprint density at radius 2 is 2.13 bits per heavy atom. The van der Waals surface area contributed by atoms with Gasteiger partial charge in [-0.25, -0.2) is 15.0 Å². The summed E-state index contributed by atoms with van der Waals surface area (Å²) in [6.07, 6.45) is 0. The van der Waals surface area contributed by atoms with E-state index in [1.165, 1.54) is 0 Å². The molecule has 1 rings (SSSR count). The van der Waals surface area contributed by atoms with E-state index < -0.39 is 11.0 Å². The highest BCUT2D eigenvalue weighted by Crippen LogP contribution is 2.02. The Morgan fingerprint density at radius 3 is 2.60 bits per heavy atom. The number of nitrogens with one attached hydrogen (secondary N) is 1. The van der Waals surface area contributed by atoms with Crippen molar-refractivity contribution in [1.29, 1.82) is 5.41 Å². The van der Waals surface area contributed by atoms with Crippen LogP contribution in [0.5, 0.6) is 0 Å². The number of hydrogen-bond acceptors (Lipinski definition) is 4. The minimum atomic E-state index is -0.898. The molecular weight excluding hydrogens is 200 g/mol. The molecule has 0 unspecified atom stereocenters. The minimum absolute atomic E-state index is 0.0125. The molecule has 1 aromatic carbocycles. The molecule has 0 atom stereocenters. The maximum absolute atomic E-state index is 10.3. The SMILES string of the molecule is N=C(N)N(OCc1ccccc1)[N+](=O)[O-]. The Labute approximate surface area is 85.6 Å². The van der Waals surface area contributed by atoms with Gasteiger partial charge < -0.3 is 5.73 Å². The van der Waals surface area contributed by atoms with Crippen molar-refractivity contribution < 1.29 is 9.87 Å². The summed E-state index contributed by atoms with van der Waals surface area (Å²) in [4.78, 5) is 15.1. The van der Waals surface area contributed by atoms with Crippen LogP contribution in [0, 0.1) is 15.5 Å². The number of nitrogens with zero attached hydrogens (tertiary/aromatic N) is 2. The van der Waals surface area contributed by atoms with Crippen molar-refractivity contribution in [1.82, 2.24) is 5.17 Å². The van der Waals surface area contributed by atoms with E-state index in [0.717, 1.165) is 5.56 Å². The first-order valence-corrected chi connectivity index (χ1v) is 4.06. The van der Waals surface area contributed by atoms with Crippen molar-refractivity contribution in [3.05, 3.63) is 46.0 Å². The van der Waals surface area contributed by atoms with Gasteiger partial charge in [-0.2, -0.15) is 0 Å². The molecule has 0 saturated heterocycles. The summed E-state index contributed by atoms with van der Waals surface area (Å²) in [6.45, 7) is -0.0125. The average Bonchev–Trinajstić information content (AvgIpc) is 2.18. The summed E-state index contributed by atoms with van der Waals surface area (Å²) < 4.78 is 0. The van der Waals surface area contributed by atoms with Crippen molar-refractivity contribution in [2.75, 3.05) is 0 Å². The first-order chi connectivity index (χ1) is 7.11. The van der Waals surface area contributed by atoms with Crippen LogP contribution in [0.25, 0.3) is 0 Å². The molecule has 0 radical (unpaired) electrons. The summed E-state index contributed by atoms with van der Waals surface area (Å²) in [5.74, 6) is -0.768. The Hall–Kier alpha value is -2.15. The molecule has 15 heavy (non-hydrogen) atoms. The van der Waals surface area contributed by atoms with Crippen LogP contribution in [0.4, 0.5) is 0 Å². The number of rotatable bonds is 4. The maximum Gasteiger partial charge on any atom is 0.285 e.